The molecule has 1 saturated heterocycles. The molecule has 4 nitrogen and oxygen atoms in total. The standard InChI is InChI=1S/C15H21ClN2O2/c1-17-13-5-7-18(8-6-13)10-12-9-11(15(19)20-2)3-4-14(12)16/h3-4,9,13,17H,5-8,10H2,1-2H3. The predicted octanol–water partition coefficient (Wildman–Crippen LogP) is 2.31. The van der Waals surface area contributed by atoms with Crippen LogP contribution in [0.4, 0.5) is 0 Å². The molecule has 0 saturated carbocycles. The molecule has 0 atom stereocenters. The zero-order valence-electron chi connectivity index (χ0n) is 12.0. The maximum absolute atomic E-state index is 11.6. The molecule has 0 bridgehead atoms. The van der Waals surface area contributed by atoms with E-state index in [4.69, 9.17) is 16.3 Å². The maximum atomic E-state index is 11.6. The maximum Gasteiger partial charge on any atom is 0.337 e. The number of likely N-dealkylation sites (tertiary alicyclic amines) is 1. The molecule has 0 aromatic heterocycles. The van der Waals surface area contributed by atoms with Crippen LogP contribution in [0.15, 0.2) is 18.2 Å². The Hall–Kier alpha value is -1.10. The van der Waals surface area contributed by atoms with Crippen molar-refractivity contribution in [3.8, 4) is 0 Å². The minimum absolute atomic E-state index is 0.322. The van der Waals surface area contributed by atoms with Gasteiger partial charge in [-0.2, -0.15) is 0 Å². The molecule has 0 spiro atoms. The second-order valence-corrected chi connectivity index (χ2v) is 5.54. The molecule has 20 heavy (non-hydrogen) atoms. The molecule has 2 rings (SSSR count). The molecule has 0 amide bonds. The van der Waals surface area contributed by atoms with Crippen molar-refractivity contribution in [2.24, 2.45) is 0 Å². The van der Waals surface area contributed by atoms with Crippen LogP contribution in [0.5, 0.6) is 0 Å². The van der Waals surface area contributed by atoms with Crippen molar-refractivity contribution in [3.63, 3.8) is 0 Å². The van der Waals surface area contributed by atoms with Crippen molar-refractivity contribution >= 4 is 17.6 Å². The van der Waals surface area contributed by atoms with Gasteiger partial charge in [0.1, 0.15) is 0 Å². The van der Waals surface area contributed by atoms with E-state index in [0.29, 0.717) is 16.6 Å². The largest absolute Gasteiger partial charge is 0.465 e. The van der Waals surface area contributed by atoms with E-state index in [1.54, 1.807) is 12.1 Å². The number of hydrogen-bond donors (Lipinski definition) is 1. The number of hydrogen-bond acceptors (Lipinski definition) is 4. The predicted molar refractivity (Wildman–Crippen MR) is 80.2 cm³/mol. The third-order valence-corrected chi connectivity index (χ3v) is 4.23. The van der Waals surface area contributed by atoms with E-state index in [0.717, 1.165) is 38.0 Å². The second kappa shape index (κ2) is 7.07. The van der Waals surface area contributed by atoms with Gasteiger partial charge in [0.15, 0.2) is 0 Å². The van der Waals surface area contributed by atoms with E-state index in [1.165, 1.54) is 7.11 Å². The lowest BCUT2D eigenvalue weighted by Crippen LogP contribution is -2.40. The SMILES string of the molecule is CNC1CCN(Cc2cc(C(=O)OC)ccc2Cl)CC1. The summed E-state index contributed by atoms with van der Waals surface area (Å²) in [4.78, 5) is 13.9. The summed E-state index contributed by atoms with van der Waals surface area (Å²) in [5.74, 6) is -0.322. The molecular weight excluding hydrogens is 276 g/mol. The first-order valence-electron chi connectivity index (χ1n) is 6.90. The van der Waals surface area contributed by atoms with Crippen LogP contribution in [0.2, 0.25) is 5.02 Å². The average molecular weight is 297 g/mol. The molecule has 1 aliphatic heterocycles. The highest BCUT2D eigenvalue weighted by atomic mass is 35.5. The summed E-state index contributed by atoms with van der Waals surface area (Å²) in [6, 6.07) is 5.91. The monoisotopic (exact) mass is 296 g/mol. The van der Waals surface area contributed by atoms with E-state index < -0.39 is 0 Å². The molecule has 1 heterocycles. The number of esters is 1. The van der Waals surface area contributed by atoms with Gasteiger partial charge >= 0.3 is 5.97 Å². The van der Waals surface area contributed by atoms with Gasteiger partial charge in [-0.05, 0) is 56.7 Å². The first-order valence-corrected chi connectivity index (χ1v) is 7.28. The van der Waals surface area contributed by atoms with Gasteiger partial charge in [0, 0.05) is 17.6 Å². The lowest BCUT2D eigenvalue weighted by Gasteiger charge is -2.32. The van der Waals surface area contributed by atoms with Gasteiger partial charge in [-0.3, -0.25) is 4.90 Å². The summed E-state index contributed by atoms with van der Waals surface area (Å²) >= 11 is 6.23. The molecule has 1 aromatic rings. The molecule has 1 fully saturated rings. The molecule has 0 aliphatic carbocycles. The van der Waals surface area contributed by atoms with E-state index in [2.05, 4.69) is 10.2 Å². The fraction of sp³-hybridized carbons (Fsp3) is 0.533. The topological polar surface area (TPSA) is 41.6 Å². The number of methoxy groups -OCH3 is 1. The Balaban J connectivity index is 2.03. The number of benzene rings is 1. The fourth-order valence-electron chi connectivity index (χ4n) is 2.56. The van der Waals surface area contributed by atoms with Crippen LogP contribution >= 0.6 is 11.6 Å². The summed E-state index contributed by atoms with van der Waals surface area (Å²) in [6.07, 6.45) is 2.29. The number of ether oxygens (including phenoxy) is 1. The zero-order chi connectivity index (χ0) is 14.5. The number of halogens is 1. The zero-order valence-corrected chi connectivity index (χ0v) is 12.7. The third kappa shape index (κ3) is 3.72. The van der Waals surface area contributed by atoms with Gasteiger partial charge in [0.25, 0.3) is 0 Å². The smallest absolute Gasteiger partial charge is 0.337 e. The Bertz CT molecular complexity index is 471. The summed E-state index contributed by atoms with van der Waals surface area (Å²) < 4.78 is 4.75. The highest BCUT2D eigenvalue weighted by Crippen LogP contribution is 2.22. The molecule has 1 aliphatic rings. The Kier molecular flexibility index (Phi) is 5.40. The first-order chi connectivity index (χ1) is 9.63. The van der Waals surface area contributed by atoms with Crippen LogP contribution in [-0.2, 0) is 11.3 Å². The highest BCUT2D eigenvalue weighted by molar-refractivity contribution is 6.31. The van der Waals surface area contributed by atoms with Crippen LogP contribution < -0.4 is 5.32 Å². The molecule has 110 valence electrons. The summed E-state index contributed by atoms with van der Waals surface area (Å²) in [6.45, 7) is 2.87. The number of nitrogens with one attached hydrogen (secondary N) is 1. The molecule has 0 radical (unpaired) electrons. The van der Waals surface area contributed by atoms with Gasteiger partial charge in [-0.1, -0.05) is 11.6 Å². The van der Waals surface area contributed by atoms with Crippen molar-refractivity contribution in [1.29, 1.82) is 0 Å². The Morgan fingerprint density at radius 2 is 2.15 bits per heavy atom. The van der Waals surface area contributed by atoms with Crippen molar-refractivity contribution in [2.75, 3.05) is 27.2 Å². The minimum Gasteiger partial charge on any atom is -0.465 e. The number of piperidine rings is 1. The van der Waals surface area contributed by atoms with Crippen molar-refractivity contribution in [2.45, 2.75) is 25.4 Å². The first kappa shape index (κ1) is 15.3. The summed E-state index contributed by atoms with van der Waals surface area (Å²) in [7, 11) is 3.40. The number of carbonyl (C=O) groups is 1. The average Bonchev–Trinajstić information content (AvgIpc) is 2.49. The Morgan fingerprint density at radius 1 is 1.45 bits per heavy atom. The van der Waals surface area contributed by atoms with E-state index in [-0.39, 0.29) is 5.97 Å². The van der Waals surface area contributed by atoms with Gasteiger partial charge in [-0.25, -0.2) is 4.79 Å². The summed E-state index contributed by atoms with van der Waals surface area (Å²) in [5.41, 5.74) is 1.54. The minimum atomic E-state index is -0.322. The fourth-order valence-corrected chi connectivity index (χ4v) is 2.74. The van der Waals surface area contributed by atoms with Crippen LogP contribution in [-0.4, -0.2) is 44.2 Å². The van der Waals surface area contributed by atoms with Gasteiger partial charge in [-0.15, -0.1) is 0 Å². The lowest BCUT2D eigenvalue weighted by molar-refractivity contribution is 0.0600. The summed E-state index contributed by atoms with van der Waals surface area (Å²) in [5, 5.41) is 4.02. The van der Waals surface area contributed by atoms with Crippen LogP contribution in [0, 0.1) is 0 Å². The Labute approximate surface area is 125 Å². The van der Waals surface area contributed by atoms with Gasteiger partial charge in [0.2, 0.25) is 0 Å². The number of rotatable bonds is 4. The van der Waals surface area contributed by atoms with Crippen molar-refractivity contribution in [1.82, 2.24) is 10.2 Å². The number of carbonyl (C=O) groups excluding carboxylic acids is 1. The third-order valence-electron chi connectivity index (χ3n) is 3.86. The lowest BCUT2D eigenvalue weighted by atomic mass is 10.0. The van der Waals surface area contributed by atoms with Crippen molar-refractivity contribution < 1.29 is 9.53 Å². The molecule has 0 unspecified atom stereocenters. The van der Waals surface area contributed by atoms with Gasteiger partial charge < -0.3 is 10.1 Å². The van der Waals surface area contributed by atoms with Crippen LogP contribution in [0.1, 0.15) is 28.8 Å². The molecule has 1 N–H and O–H groups in total. The normalized spacial score (nSPS) is 17.1. The molecule has 5 heteroatoms. The number of nitrogens with zero attached hydrogens (tertiary/aromatic N) is 1. The van der Waals surface area contributed by atoms with Crippen molar-refractivity contribution in [3.05, 3.63) is 34.3 Å². The molecular formula is C15H21ClN2O2. The molecule has 1 aromatic carbocycles. The Morgan fingerprint density at radius 3 is 2.75 bits per heavy atom. The van der Waals surface area contributed by atoms with Crippen LogP contribution in [0.3, 0.4) is 0 Å². The van der Waals surface area contributed by atoms with Crippen LogP contribution in [0.25, 0.3) is 0 Å². The van der Waals surface area contributed by atoms with E-state index in [9.17, 15) is 4.79 Å². The van der Waals surface area contributed by atoms with E-state index in [1.807, 2.05) is 13.1 Å². The van der Waals surface area contributed by atoms with Gasteiger partial charge in [0.05, 0.1) is 12.7 Å². The quantitative estimate of drug-likeness (QED) is 0.866. The second-order valence-electron chi connectivity index (χ2n) is 5.14. The highest BCUT2D eigenvalue weighted by Gasteiger charge is 2.19. The van der Waals surface area contributed by atoms with E-state index >= 15 is 0 Å².